The lowest BCUT2D eigenvalue weighted by molar-refractivity contribution is 0.0703. The predicted molar refractivity (Wildman–Crippen MR) is 84.8 cm³/mol. The molecular formula is C15H21N3O2S. The van der Waals surface area contributed by atoms with Crippen LogP contribution >= 0.6 is 12.6 Å². The van der Waals surface area contributed by atoms with E-state index in [-0.39, 0.29) is 18.0 Å². The van der Waals surface area contributed by atoms with Crippen LogP contribution in [0.2, 0.25) is 0 Å². The number of thiol groups is 1. The van der Waals surface area contributed by atoms with Crippen LogP contribution in [0.5, 0.6) is 0 Å². The summed E-state index contributed by atoms with van der Waals surface area (Å²) in [6.07, 6.45) is 1.56. The number of likely N-dealkylation sites (tertiary alicyclic amines) is 1. The van der Waals surface area contributed by atoms with Gasteiger partial charge in [0.1, 0.15) is 0 Å². The van der Waals surface area contributed by atoms with E-state index in [4.69, 9.17) is 0 Å². The molecule has 1 N–H and O–H groups in total. The fourth-order valence-electron chi connectivity index (χ4n) is 2.36. The van der Waals surface area contributed by atoms with Crippen LogP contribution in [0.15, 0.2) is 29.2 Å². The summed E-state index contributed by atoms with van der Waals surface area (Å²) in [7, 11) is 3.44. The molecule has 1 aliphatic heterocycles. The Morgan fingerprint density at radius 2 is 1.86 bits per heavy atom. The number of benzene rings is 1. The van der Waals surface area contributed by atoms with Gasteiger partial charge in [-0.2, -0.15) is 0 Å². The zero-order chi connectivity index (χ0) is 15.4. The third kappa shape index (κ3) is 3.91. The van der Waals surface area contributed by atoms with E-state index in [0.29, 0.717) is 23.5 Å². The van der Waals surface area contributed by atoms with Gasteiger partial charge in [0, 0.05) is 38.1 Å². The first-order valence-electron chi connectivity index (χ1n) is 7.04. The monoisotopic (exact) mass is 307 g/mol. The number of hydrogen-bond donors (Lipinski definition) is 2. The average molecular weight is 307 g/mol. The number of nitrogens with zero attached hydrogens (tertiary/aromatic N) is 2. The quantitative estimate of drug-likeness (QED) is 0.819. The molecule has 0 saturated carbocycles. The van der Waals surface area contributed by atoms with Gasteiger partial charge in [-0.25, -0.2) is 4.79 Å². The summed E-state index contributed by atoms with van der Waals surface area (Å²) in [6.45, 7) is 1.30. The Bertz CT molecular complexity index is 525. The number of carbonyl (C=O) groups is 2. The van der Waals surface area contributed by atoms with Crippen molar-refractivity contribution in [2.45, 2.75) is 23.8 Å². The van der Waals surface area contributed by atoms with E-state index in [9.17, 15) is 9.59 Å². The van der Waals surface area contributed by atoms with Crippen molar-refractivity contribution in [1.29, 1.82) is 0 Å². The molecule has 6 heteroatoms. The maximum atomic E-state index is 12.4. The Labute approximate surface area is 130 Å². The van der Waals surface area contributed by atoms with Crippen LogP contribution in [0, 0.1) is 0 Å². The van der Waals surface area contributed by atoms with Gasteiger partial charge in [0.2, 0.25) is 0 Å². The van der Waals surface area contributed by atoms with Gasteiger partial charge in [0.15, 0.2) is 0 Å². The summed E-state index contributed by atoms with van der Waals surface area (Å²) in [6, 6.07) is 7.38. The number of hydrogen-bond acceptors (Lipinski definition) is 3. The van der Waals surface area contributed by atoms with Crippen LogP contribution < -0.4 is 5.32 Å². The van der Waals surface area contributed by atoms with Crippen molar-refractivity contribution >= 4 is 24.6 Å². The molecule has 1 saturated heterocycles. The molecule has 3 amide bonds. The molecule has 0 bridgehead atoms. The van der Waals surface area contributed by atoms with E-state index in [0.717, 1.165) is 12.8 Å². The highest BCUT2D eigenvalue weighted by Crippen LogP contribution is 2.18. The number of urea groups is 1. The minimum atomic E-state index is -0.0829. The standard InChI is InChI=1S/C15H21N3O2S/c1-17(2)15(20)16-11-7-9-18(10-8-11)14(19)12-5-3-4-6-13(12)21/h3-6,11,21H,7-10H2,1-2H3,(H,16,20). The summed E-state index contributed by atoms with van der Waals surface area (Å²) in [5.74, 6) is 0.0120. The minimum Gasteiger partial charge on any atom is -0.338 e. The third-order valence-electron chi connectivity index (χ3n) is 3.65. The topological polar surface area (TPSA) is 52.7 Å². The van der Waals surface area contributed by atoms with Crippen LogP contribution in [0.3, 0.4) is 0 Å². The Morgan fingerprint density at radius 1 is 1.24 bits per heavy atom. The third-order valence-corrected chi connectivity index (χ3v) is 4.04. The molecule has 1 aliphatic rings. The Morgan fingerprint density at radius 3 is 2.43 bits per heavy atom. The second-order valence-corrected chi connectivity index (χ2v) is 5.91. The van der Waals surface area contributed by atoms with Crippen molar-refractivity contribution in [1.82, 2.24) is 15.1 Å². The lowest BCUT2D eigenvalue weighted by Gasteiger charge is -2.33. The van der Waals surface area contributed by atoms with Gasteiger partial charge in [-0.3, -0.25) is 4.79 Å². The van der Waals surface area contributed by atoms with Gasteiger partial charge in [-0.15, -0.1) is 12.6 Å². The molecular weight excluding hydrogens is 286 g/mol. The second-order valence-electron chi connectivity index (χ2n) is 5.43. The van der Waals surface area contributed by atoms with Crippen molar-refractivity contribution in [2.24, 2.45) is 0 Å². The molecule has 5 nitrogen and oxygen atoms in total. The van der Waals surface area contributed by atoms with E-state index >= 15 is 0 Å². The first-order valence-corrected chi connectivity index (χ1v) is 7.49. The molecule has 1 heterocycles. The van der Waals surface area contributed by atoms with Crippen molar-refractivity contribution in [3.8, 4) is 0 Å². The number of carbonyl (C=O) groups excluding carboxylic acids is 2. The molecule has 2 rings (SSSR count). The first kappa shape index (κ1) is 15.7. The number of piperidine rings is 1. The van der Waals surface area contributed by atoms with Gasteiger partial charge in [0.05, 0.1) is 5.56 Å². The van der Waals surface area contributed by atoms with E-state index in [1.54, 1.807) is 20.2 Å². The molecule has 0 aromatic heterocycles. The smallest absolute Gasteiger partial charge is 0.317 e. The van der Waals surface area contributed by atoms with Crippen LogP contribution in [0.25, 0.3) is 0 Å². The zero-order valence-electron chi connectivity index (χ0n) is 12.4. The zero-order valence-corrected chi connectivity index (χ0v) is 13.3. The largest absolute Gasteiger partial charge is 0.338 e. The number of rotatable bonds is 2. The summed E-state index contributed by atoms with van der Waals surface area (Å²) in [4.78, 5) is 28.1. The predicted octanol–water partition coefficient (Wildman–Crippen LogP) is 1.85. The fourth-order valence-corrected chi connectivity index (χ4v) is 2.61. The van der Waals surface area contributed by atoms with Crippen molar-refractivity contribution < 1.29 is 9.59 Å². The van der Waals surface area contributed by atoms with Gasteiger partial charge >= 0.3 is 6.03 Å². The highest BCUT2D eigenvalue weighted by molar-refractivity contribution is 7.80. The van der Waals surface area contributed by atoms with Crippen molar-refractivity contribution in [3.05, 3.63) is 29.8 Å². The van der Waals surface area contributed by atoms with E-state index < -0.39 is 0 Å². The Balaban J connectivity index is 1.91. The van der Waals surface area contributed by atoms with Crippen molar-refractivity contribution in [3.63, 3.8) is 0 Å². The molecule has 114 valence electrons. The second kappa shape index (κ2) is 6.85. The van der Waals surface area contributed by atoms with Gasteiger partial charge in [-0.05, 0) is 25.0 Å². The summed E-state index contributed by atoms with van der Waals surface area (Å²) >= 11 is 4.33. The molecule has 21 heavy (non-hydrogen) atoms. The molecule has 1 aromatic rings. The lowest BCUT2D eigenvalue weighted by Crippen LogP contribution is -2.48. The summed E-state index contributed by atoms with van der Waals surface area (Å²) < 4.78 is 0. The molecule has 0 atom stereocenters. The van der Waals surface area contributed by atoms with Crippen molar-refractivity contribution in [2.75, 3.05) is 27.2 Å². The van der Waals surface area contributed by atoms with Gasteiger partial charge in [0.25, 0.3) is 5.91 Å². The maximum Gasteiger partial charge on any atom is 0.317 e. The highest BCUT2D eigenvalue weighted by atomic mass is 32.1. The van der Waals surface area contributed by atoms with E-state index in [1.165, 1.54) is 4.90 Å². The van der Waals surface area contributed by atoms with Crippen LogP contribution in [0.1, 0.15) is 23.2 Å². The minimum absolute atomic E-state index is 0.0120. The maximum absolute atomic E-state index is 12.4. The van der Waals surface area contributed by atoms with E-state index in [2.05, 4.69) is 17.9 Å². The number of nitrogens with one attached hydrogen (secondary N) is 1. The number of amides is 3. The van der Waals surface area contributed by atoms with Gasteiger partial charge < -0.3 is 15.1 Å². The normalized spacial score (nSPS) is 15.7. The molecule has 0 aliphatic carbocycles. The Hall–Kier alpha value is -1.69. The fraction of sp³-hybridized carbons (Fsp3) is 0.467. The van der Waals surface area contributed by atoms with E-state index in [1.807, 2.05) is 23.1 Å². The Kier molecular flexibility index (Phi) is 5.12. The lowest BCUT2D eigenvalue weighted by atomic mass is 10.0. The molecule has 0 spiro atoms. The van der Waals surface area contributed by atoms with Gasteiger partial charge in [-0.1, -0.05) is 12.1 Å². The summed E-state index contributed by atoms with van der Waals surface area (Å²) in [5, 5.41) is 2.96. The van der Waals surface area contributed by atoms with Crippen LogP contribution in [-0.4, -0.2) is 55.0 Å². The first-order chi connectivity index (χ1) is 9.99. The van der Waals surface area contributed by atoms with Crippen LogP contribution in [-0.2, 0) is 0 Å². The highest BCUT2D eigenvalue weighted by Gasteiger charge is 2.25. The molecule has 0 unspecified atom stereocenters. The molecule has 1 aromatic carbocycles. The molecule has 0 radical (unpaired) electrons. The SMILES string of the molecule is CN(C)C(=O)NC1CCN(C(=O)c2ccccc2S)CC1. The van der Waals surface area contributed by atoms with Crippen LogP contribution in [0.4, 0.5) is 4.79 Å². The molecule has 1 fully saturated rings. The average Bonchev–Trinajstić information content (AvgIpc) is 2.47. The summed E-state index contributed by atoms with van der Waals surface area (Å²) in [5.41, 5.74) is 0.636.